The Hall–Kier alpha value is -6.96. The van der Waals surface area contributed by atoms with Crippen molar-refractivity contribution in [2.75, 3.05) is 0 Å². The Morgan fingerprint density at radius 1 is 0.278 bits per heavy atom. The molecule has 0 fully saturated rings. The van der Waals surface area contributed by atoms with E-state index in [0.717, 1.165) is 21.9 Å². The molecule has 0 atom stereocenters. The van der Waals surface area contributed by atoms with Crippen molar-refractivity contribution < 1.29 is 4.42 Å². The van der Waals surface area contributed by atoms with Crippen molar-refractivity contribution in [2.24, 2.45) is 0 Å². The molecule has 1 heteroatoms. The number of rotatable bonds is 2. The number of fused-ring (bicyclic) bond motifs is 16. The van der Waals surface area contributed by atoms with E-state index in [9.17, 15) is 0 Å². The second kappa shape index (κ2) is 10.1. The van der Waals surface area contributed by atoms with Crippen LogP contribution >= 0.6 is 0 Å². The van der Waals surface area contributed by atoms with Gasteiger partial charge in [0.25, 0.3) is 0 Å². The zero-order chi connectivity index (χ0) is 35.1. The Kier molecular flexibility index (Phi) is 5.36. The summed E-state index contributed by atoms with van der Waals surface area (Å²) in [6.45, 7) is 0. The SMILES string of the molecule is c1ccc2c(c1)-c1cccc3c(-c4ccc5oc6ccc(-c7ccc8c(c7)C7(c9ccccc9-c9ccccc97)c7ccccc7-8)cc6c5c4)ccc-2c13. The van der Waals surface area contributed by atoms with E-state index < -0.39 is 0 Å². The first-order valence-corrected chi connectivity index (χ1v) is 18.8. The maximum atomic E-state index is 6.48. The summed E-state index contributed by atoms with van der Waals surface area (Å²) in [5.41, 5.74) is 22.3. The van der Waals surface area contributed by atoms with Crippen LogP contribution in [0.2, 0.25) is 0 Å². The van der Waals surface area contributed by atoms with E-state index in [4.69, 9.17) is 4.42 Å². The molecule has 1 aromatic heterocycles. The van der Waals surface area contributed by atoms with Gasteiger partial charge in [0.05, 0.1) is 5.41 Å². The van der Waals surface area contributed by atoms with Gasteiger partial charge >= 0.3 is 0 Å². The molecule has 54 heavy (non-hydrogen) atoms. The Morgan fingerprint density at radius 3 is 1.37 bits per heavy atom. The van der Waals surface area contributed by atoms with Crippen LogP contribution < -0.4 is 0 Å². The van der Waals surface area contributed by atoms with Crippen molar-refractivity contribution in [1.29, 1.82) is 0 Å². The van der Waals surface area contributed by atoms with Gasteiger partial charge in [-0.1, -0.05) is 152 Å². The molecule has 248 valence electrons. The van der Waals surface area contributed by atoms with Gasteiger partial charge in [-0.15, -0.1) is 0 Å². The zero-order valence-corrected chi connectivity index (χ0v) is 29.2. The average molecular weight is 683 g/mol. The fourth-order valence-electron chi connectivity index (χ4n) is 10.5. The van der Waals surface area contributed by atoms with E-state index in [1.165, 1.54) is 99.8 Å². The van der Waals surface area contributed by atoms with E-state index in [0.29, 0.717) is 0 Å². The van der Waals surface area contributed by atoms with Gasteiger partial charge < -0.3 is 4.42 Å². The molecule has 9 aromatic carbocycles. The van der Waals surface area contributed by atoms with Crippen LogP contribution in [0.5, 0.6) is 0 Å². The molecule has 0 aliphatic heterocycles. The highest BCUT2D eigenvalue weighted by molar-refractivity contribution is 6.19. The Bertz CT molecular complexity index is 3190. The third-order valence-corrected chi connectivity index (χ3v) is 12.7. The molecule has 0 saturated heterocycles. The summed E-state index contributed by atoms with van der Waals surface area (Å²) < 4.78 is 6.48. The highest BCUT2D eigenvalue weighted by Gasteiger charge is 2.51. The largest absolute Gasteiger partial charge is 0.456 e. The van der Waals surface area contributed by atoms with E-state index in [1.54, 1.807) is 0 Å². The van der Waals surface area contributed by atoms with E-state index in [1.807, 2.05) is 0 Å². The minimum absolute atomic E-state index is 0.364. The molecule has 0 N–H and O–H groups in total. The first-order chi connectivity index (χ1) is 26.8. The summed E-state index contributed by atoms with van der Waals surface area (Å²) in [6.07, 6.45) is 0. The second-order valence-electron chi connectivity index (χ2n) is 15.1. The molecule has 0 bridgehead atoms. The van der Waals surface area contributed by atoms with Crippen molar-refractivity contribution in [3.63, 3.8) is 0 Å². The Balaban J connectivity index is 0.991. The fraction of sp³-hybridized carbons (Fsp3) is 0.0189. The lowest BCUT2D eigenvalue weighted by atomic mass is 9.70. The third kappa shape index (κ3) is 3.45. The van der Waals surface area contributed by atoms with Crippen LogP contribution in [-0.4, -0.2) is 0 Å². The average Bonchev–Trinajstić information content (AvgIpc) is 3.95. The van der Waals surface area contributed by atoms with E-state index in [2.05, 4.69) is 182 Å². The van der Waals surface area contributed by atoms with Gasteiger partial charge in [-0.2, -0.15) is 0 Å². The van der Waals surface area contributed by atoms with Gasteiger partial charge in [-0.3, -0.25) is 0 Å². The van der Waals surface area contributed by atoms with Crippen LogP contribution in [0, 0.1) is 0 Å². The number of furan rings is 1. The maximum Gasteiger partial charge on any atom is 0.135 e. The zero-order valence-electron chi connectivity index (χ0n) is 29.2. The normalized spacial score (nSPS) is 13.7. The van der Waals surface area contributed by atoms with Crippen molar-refractivity contribution >= 4 is 32.7 Å². The highest BCUT2D eigenvalue weighted by Crippen LogP contribution is 2.63. The van der Waals surface area contributed by atoms with Crippen molar-refractivity contribution in [2.45, 2.75) is 5.41 Å². The topological polar surface area (TPSA) is 13.1 Å². The van der Waals surface area contributed by atoms with Crippen LogP contribution in [-0.2, 0) is 5.41 Å². The molecule has 13 rings (SSSR count). The summed E-state index contributed by atoms with van der Waals surface area (Å²) >= 11 is 0. The molecule has 10 aromatic rings. The summed E-state index contributed by atoms with van der Waals surface area (Å²) in [6, 6.07) is 67.7. The lowest BCUT2D eigenvalue weighted by molar-refractivity contribution is 0.669. The van der Waals surface area contributed by atoms with Gasteiger partial charge in [0.2, 0.25) is 0 Å². The van der Waals surface area contributed by atoms with E-state index in [-0.39, 0.29) is 5.41 Å². The first-order valence-electron chi connectivity index (χ1n) is 18.8. The molecule has 3 aliphatic rings. The van der Waals surface area contributed by atoms with Crippen LogP contribution in [0.15, 0.2) is 186 Å². The van der Waals surface area contributed by atoms with Gasteiger partial charge in [-0.05, 0) is 130 Å². The summed E-state index contributed by atoms with van der Waals surface area (Å²) in [5.74, 6) is 0. The summed E-state index contributed by atoms with van der Waals surface area (Å²) in [7, 11) is 0. The van der Waals surface area contributed by atoms with Crippen LogP contribution in [0.3, 0.4) is 0 Å². The lowest BCUT2D eigenvalue weighted by Crippen LogP contribution is -2.25. The smallest absolute Gasteiger partial charge is 0.135 e. The summed E-state index contributed by atoms with van der Waals surface area (Å²) in [5, 5.41) is 4.91. The second-order valence-corrected chi connectivity index (χ2v) is 15.1. The molecule has 0 radical (unpaired) electrons. The number of hydrogen-bond acceptors (Lipinski definition) is 1. The van der Waals surface area contributed by atoms with Gasteiger partial charge in [0.15, 0.2) is 0 Å². The summed E-state index contributed by atoms with van der Waals surface area (Å²) in [4.78, 5) is 0. The Morgan fingerprint density at radius 2 is 0.722 bits per heavy atom. The predicted molar refractivity (Wildman–Crippen MR) is 223 cm³/mol. The monoisotopic (exact) mass is 682 g/mol. The predicted octanol–water partition coefficient (Wildman–Crippen LogP) is 14.1. The van der Waals surface area contributed by atoms with Crippen LogP contribution in [0.4, 0.5) is 0 Å². The van der Waals surface area contributed by atoms with Crippen molar-refractivity contribution in [3.8, 4) is 66.8 Å². The highest BCUT2D eigenvalue weighted by atomic mass is 16.3. The quantitative estimate of drug-likeness (QED) is 0.177. The molecule has 1 heterocycles. The van der Waals surface area contributed by atoms with E-state index >= 15 is 0 Å². The number of hydrogen-bond donors (Lipinski definition) is 0. The minimum Gasteiger partial charge on any atom is -0.456 e. The Labute approximate surface area is 312 Å². The maximum absolute atomic E-state index is 6.48. The van der Waals surface area contributed by atoms with Crippen molar-refractivity contribution in [3.05, 3.63) is 204 Å². The van der Waals surface area contributed by atoms with Gasteiger partial charge in [0, 0.05) is 10.8 Å². The number of benzene rings is 9. The molecule has 0 unspecified atom stereocenters. The van der Waals surface area contributed by atoms with Crippen LogP contribution in [0.25, 0.3) is 99.5 Å². The minimum atomic E-state index is -0.364. The van der Waals surface area contributed by atoms with Crippen molar-refractivity contribution in [1.82, 2.24) is 0 Å². The van der Waals surface area contributed by atoms with Crippen LogP contribution in [0.1, 0.15) is 22.3 Å². The molecule has 3 aliphatic carbocycles. The molecular weight excluding hydrogens is 653 g/mol. The molecule has 0 saturated carbocycles. The van der Waals surface area contributed by atoms with Gasteiger partial charge in [-0.25, -0.2) is 0 Å². The fourth-order valence-corrected chi connectivity index (χ4v) is 10.5. The third-order valence-electron chi connectivity index (χ3n) is 12.7. The van der Waals surface area contributed by atoms with Gasteiger partial charge in [0.1, 0.15) is 11.2 Å². The molecule has 0 amide bonds. The standard InChI is InChI=1S/C53H30O/c1-2-11-36-35(10-1)42-16-9-15-41-34(24-25-43(36)52(41)42)33-22-27-51-45(29-33)44-28-31(21-26-50(44)54-51)32-20-23-40-39-14-5-8-19-48(39)53(49(40)30-32)46-17-6-3-12-37(46)38-13-4-7-18-47(38)53/h1-30H. The molecule has 1 spiro atoms. The lowest BCUT2D eigenvalue weighted by Gasteiger charge is -2.30. The first kappa shape index (κ1) is 28.6. The molecule has 1 nitrogen and oxygen atoms in total. The molecular formula is C53H30O.